The summed E-state index contributed by atoms with van der Waals surface area (Å²) in [5.41, 5.74) is 2.16. The molecule has 0 radical (unpaired) electrons. The topological polar surface area (TPSA) is 54.5 Å². The highest BCUT2D eigenvalue weighted by atomic mass is 16.5. The Kier molecular flexibility index (Phi) is 4.82. The Bertz CT molecular complexity index is 474. The van der Waals surface area contributed by atoms with E-state index in [1.165, 1.54) is 0 Å². The van der Waals surface area contributed by atoms with Gasteiger partial charge in [-0.1, -0.05) is 19.9 Å². The van der Waals surface area contributed by atoms with Crippen LogP contribution in [0.15, 0.2) is 12.1 Å². The molecular formula is C15H23N3O2. The molecule has 0 atom stereocenters. The number of aromatic nitrogens is 1. The fourth-order valence-corrected chi connectivity index (χ4v) is 2.20. The zero-order chi connectivity index (χ0) is 14.5. The molecule has 110 valence electrons. The van der Waals surface area contributed by atoms with Crippen molar-refractivity contribution < 1.29 is 9.53 Å². The first-order chi connectivity index (χ1) is 9.60. The number of nitrogens with zero attached hydrogens (tertiary/aromatic N) is 2. The molecular weight excluding hydrogens is 254 g/mol. The molecule has 0 bridgehead atoms. The second-order valence-electron chi connectivity index (χ2n) is 5.44. The number of nitrogens with one attached hydrogen (secondary N) is 1. The highest BCUT2D eigenvalue weighted by molar-refractivity contribution is 5.74. The maximum atomic E-state index is 12.1. The van der Waals surface area contributed by atoms with Crippen molar-refractivity contribution in [2.24, 2.45) is 5.92 Å². The Balaban J connectivity index is 1.98. The van der Waals surface area contributed by atoms with Crippen molar-refractivity contribution in [2.45, 2.75) is 33.7 Å². The first kappa shape index (κ1) is 14.6. The predicted molar refractivity (Wildman–Crippen MR) is 77.8 cm³/mol. The quantitative estimate of drug-likeness (QED) is 0.918. The lowest BCUT2D eigenvalue weighted by Gasteiger charge is -2.28. The summed E-state index contributed by atoms with van der Waals surface area (Å²) < 4.78 is 5.41. The molecule has 0 aromatic carbocycles. The lowest BCUT2D eigenvalue weighted by atomic mass is 10.1. The Hall–Kier alpha value is -1.78. The van der Waals surface area contributed by atoms with Crippen LogP contribution in [0, 0.1) is 5.92 Å². The van der Waals surface area contributed by atoms with Gasteiger partial charge in [0, 0.05) is 32.1 Å². The Morgan fingerprint density at radius 3 is 3.00 bits per heavy atom. The summed E-state index contributed by atoms with van der Waals surface area (Å²) in [7, 11) is 0. The molecule has 1 aliphatic rings. The third kappa shape index (κ3) is 3.62. The van der Waals surface area contributed by atoms with E-state index in [0.29, 0.717) is 38.0 Å². The number of urea groups is 1. The Labute approximate surface area is 120 Å². The molecule has 0 spiro atoms. The SMILES string of the molecule is CCOc1ccc2c(n1)CCN(C(=O)NCC(C)C)C2. The summed E-state index contributed by atoms with van der Waals surface area (Å²) in [6.07, 6.45) is 0.783. The van der Waals surface area contributed by atoms with Gasteiger partial charge in [0.1, 0.15) is 0 Å². The molecule has 1 aromatic heterocycles. The fraction of sp³-hybridized carbons (Fsp3) is 0.600. The molecule has 0 unspecified atom stereocenters. The summed E-state index contributed by atoms with van der Waals surface area (Å²) in [5, 5.41) is 2.96. The number of amides is 2. The van der Waals surface area contributed by atoms with Crippen molar-refractivity contribution in [2.75, 3.05) is 19.7 Å². The van der Waals surface area contributed by atoms with Crippen molar-refractivity contribution in [3.63, 3.8) is 0 Å². The molecule has 0 saturated heterocycles. The number of rotatable bonds is 4. The van der Waals surface area contributed by atoms with Gasteiger partial charge in [-0.15, -0.1) is 0 Å². The second kappa shape index (κ2) is 6.59. The molecule has 2 rings (SSSR count). The van der Waals surface area contributed by atoms with Crippen LogP contribution in [0.3, 0.4) is 0 Å². The third-order valence-electron chi connectivity index (χ3n) is 3.26. The van der Waals surface area contributed by atoms with E-state index in [4.69, 9.17) is 4.74 Å². The maximum absolute atomic E-state index is 12.1. The number of hydrogen-bond donors (Lipinski definition) is 1. The number of ether oxygens (including phenoxy) is 1. The zero-order valence-electron chi connectivity index (χ0n) is 12.5. The van der Waals surface area contributed by atoms with Crippen molar-refractivity contribution >= 4 is 6.03 Å². The number of carbonyl (C=O) groups excluding carboxylic acids is 1. The van der Waals surface area contributed by atoms with Crippen molar-refractivity contribution in [3.8, 4) is 5.88 Å². The molecule has 2 heterocycles. The van der Waals surface area contributed by atoms with Crippen molar-refractivity contribution in [3.05, 3.63) is 23.4 Å². The molecule has 0 saturated carbocycles. The first-order valence-electron chi connectivity index (χ1n) is 7.24. The van der Waals surface area contributed by atoms with Gasteiger partial charge < -0.3 is 15.0 Å². The Morgan fingerprint density at radius 2 is 2.30 bits per heavy atom. The van der Waals surface area contributed by atoms with Crippen LogP contribution in [-0.4, -0.2) is 35.6 Å². The summed E-state index contributed by atoms with van der Waals surface area (Å²) >= 11 is 0. The van der Waals surface area contributed by atoms with Crippen LogP contribution in [0.2, 0.25) is 0 Å². The molecule has 1 aliphatic heterocycles. The fourth-order valence-electron chi connectivity index (χ4n) is 2.20. The van der Waals surface area contributed by atoms with E-state index in [1.54, 1.807) is 0 Å². The van der Waals surface area contributed by atoms with E-state index in [0.717, 1.165) is 17.7 Å². The number of hydrogen-bond acceptors (Lipinski definition) is 3. The highest BCUT2D eigenvalue weighted by Crippen LogP contribution is 2.20. The largest absolute Gasteiger partial charge is 0.478 e. The number of carbonyl (C=O) groups is 1. The van der Waals surface area contributed by atoms with Gasteiger partial charge in [0.05, 0.1) is 12.3 Å². The molecule has 20 heavy (non-hydrogen) atoms. The van der Waals surface area contributed by atoms with Gasteiger partial charge >= 0.3 is 6.03 Å². The highest BCUT2D eigenvalue weighted by Gasteiger charge is 2.21. The second-order valence-corrected chi connectivity index (χ2v) is 5.44. The van der Waals surface area contributed by atoms with E-state index in [-0.39, 0.29) is 6.03 Å². The van der Waals surface area contributed by atoms with Gasteiger partial charge in [-0.2, -0.15) is 0 Å². The third-order valence-corrected chi connectivity index (χ3v) is 3.26. The van der Waals surface area contributed by atoms with E-state index in [9.17, 15) is 4.79 Å². The molecule has 1 N–H and O–H groups in total. The van der Waals surface area contributed by atoms with Gasteiger partial charge in [0.15, 0.2) is 0 Å². The van der Waals surface area contributed by atoms with Crippen LogP contribution in [-0.2, 0) is 13.0 Å². The smallest absolute Gasteiger partial charge is 0.317 e. The zero-order valence-corrected chi connectivity index (χ0v) is 12.5. The average molecular weight is 277 g/mol. The minimum atomic E-state index is 0.0123. The predicted octanol–water partition coefficient (Wildman–Crippen LogP) is 2.20. The van der Waals surface area contributed by atoms with Gasteiger partial charge in [-0.3, -0.25) is 0 Å². The van der Waals surface area contributed by atoms with Gasteiger partial charge in [0.2, 0.25) is 5.88 Å². The van der Waals surface area contributed by atoms with Crippen LogP contribution >= 0.6 is 0 Å². The minimum absolute atomic E-state index is 0.0123. The lowest BCUT2D eigenvalue weighted by Crippen LogP contribution is -2.44. The number of fused-ring (bicyclic) bond motifs is 1. The lowest BCUT2D eigenvalue weighted by molar-refractivity contribution is 0.190. The summed E-state index contributed by atoms with van der Waals surface area (Å²) in [5.74, 6) is 1.13. The standard InChI is InChI=1S/C15H23N3O2/c1-4-20-14-6-5-12-10-18(8-7-13(12)17-14)15(19)16-9-11(2)3/h5-6,11H,4,7-10H2,1-3H3,(H,16,19). The molecule has 5 heteroatoms. The maximum Gasteiger partial charge on any atom is 0.317 e. The molecule has 0 fully saturated rings. The minimum Gasteiger partial charge on any atom is -0.478 e. The van der Waals surface area contributed by atoms with Crippen LogP contribution in [0.5, 0.6) is 5.88 Å². The summed E-state index contributed by atoms with van der Waals surface area (Å²) in [6.45, 7) is 8.79. The molecule has 0 aliphatic carbocycles. The normalized spacial score (nSPS) is 14.1. The monoisotopic (exact) mass is 277 g/mol. The van der Waals surface area contributed by atoms with Crippen LogP contribution < -0.4 is 10.1 Å². The van der Waals surface area contributed by atoms with Crippen LogP contribution in [0.1, 0.15) is 32.0 Å². The van der Waals surface area contributed by atoms with Gasteiger partial charge in [-0.05, 0) is 18.4 Å². The van der Waals surface area contributed by atoms with Crippen LogP contribution in [0.25, 0.3) is 0 Å². The van der Waals surface area contributed by atoms with Gasteiger partial charge in [-0.25, -0.2) is 9.78 Å². The van der Waals surface area contributed by atoms with Crippen molar-refractivity contribution in [1.82, 2.24) is 15.2 Å². The molecule has 5 nitrogen and oxygen atoms in total. The summed E-state index contributed by atoms with van der Waals surface area (Å²) in [6, 6.07) is 3.89. The summed E-state index contributed by atoms with van der Waals surface area (Å²) in [4.78, 5) is 18.4. The first-order valence-corrected chi connectivity index (χ1v) is 7.24. The van der Waals surface area contributed by atoms with E-state index in [2.05, 4.69) is 24.1 Å². The molecule has 1 aromatic rings. The molecule has 2 amide bonds. The number of pyridine rings is 1. The van der Waals surface area contributed by atoms with E-state index in [1.807, 2.05) is 24.0 Å². The average Bonchev–Trinajstić information content (AvgIpc) is 2.44. The van der Waals surface area contributed by atoms with E-state index >= 15 is 0 Å². The Morgan fingerprint density at radius 1 is 1.50 bits per heavy atom. The van der Waals surface area contributed by atoms with Crippen LogP contribution in [0.4, 0.5) is 4.79 Å². The van der Waals surface area contributed by atoms with Gasteiger partial charge in [0.25, 0.3) is 0 Å². The van der Waals surface area contributed by atoms with E-state index < -0.39 is 0 Å². The van der Waals surface area contributed by atoms with Crippen molar-refractivity contribution in [1.29, 1.82) is 0 Å².